The van der Waals surface area contributed by atoms with Crippen LogP contribution in [0.1, 0.15) is 44.9 Å². The number of hydrogen-bond donors (Lipinski definition) is 0. The molecule has 4 aromatic rings. The molecule has 204 valence electrons. The molecule has 0 fully saturated rings. The number of furan rings is 1. The number of hydrogen-bond acceptors (Lipinski definition) is 6. The monoisotopic (exact) mass is 538 g/mol. The smallest absolute Gasteiger partial charge is 0.289 e. The molecule has 10 nitrogen and oxygen atoms in total. The Morgan fingerprint density at radius 1 is 1.07 bits per heavy atom. The summed E-state index contributed by atoms with van der Waals surface area (Å²) in [6, 6.07) is 11.6. The third-order valence-electron chi connectivity index (χ3n) is 7.57. The van der Waals surface area contributed by atoms with Gasteiger partial charge >= 0.3 is 0 Å². The maximum Gasteiger partial charge on any atom is 0.289 e. The van der Waals surface area contributed by atoms with Crippen molar-refractivity contribution in [2.45, 2.75) is 25.9 Å². The molecular formula is C30H30N6O4. The fourth-order valence-electron chi connectivity index (χ4n) is 5.47. The van der Waals surface area contributed by atoms with Gasteiger partial charge in [-0.15, -0.1) is 5.10 Å². The first-order valence-corrected chi connectivity index (χ1v) is 13.3. The van der Waals surface area contributed by atoms with Gasteiger partial charge in [0.1, 0.15) is 5.58 Å². The summed E-state index contributed by atoms with van der Waals surface area (Å²) in [6.07, 6.45) is 6.61. The predicted octanol–water partition coefficient (Wildman–Crippen LogP) is 3.68. The molecule has 2 aromatic heterocycles. The SMILES string of the molecule is CN(C)C(=O)c1cc2cc(C3=CCCN(C(=O)CCn4ccnn4)C3)cc(-c3cccc4c3CN(C)C4=O)c2o1. The van der Waals surface area contributed by atoms with Crippen molar-refractivity contribution in [1.82, 2.24) is 29.7 Å². The van der Waals surface area contributed by atoms with Crippen LogP contribution in [0.25, 0.3) is 27.7 Å². The Morgan fingerprint density at radius 3 is 2.67 bits per heavy atom. The first kappa shape index (κ1) is 25.5. The van der Waals surface area contributed by atoms with E-state index in [9.17, 15) is 14.4 Å². The highest BCUT2D eigenvalue weighted by molar-refractivity contribution is 6.05. The Hall–Kier alpha value is -4.73. The number of aromatic nitrogens is 3. The Morgan fingerprint density at radius 2 is 1.90 bits per heavy atom. The molecule has 0 bridgehead atoms. The molecule has 0 saturated carbocycles. The summed E-state index contributed by atoms with van der Waals surface area (Å²) in [5, 5.41) is 8.54. The number of nitrogens with zero attached hydrogens (tertiary/aromatic N) is 6. The average molecular weight is 539 g/mol. The number of carbonyl (C=O) groups is 3. The van der Waals surface area contributed by atoms with Crippen molar-refractivity contribution in [3.05, 3.63) is 77.3 Å². The van der Waals surface area contributed by atoms with E-state index in [-0.39, 0.29) is 23.5 Å². The summed E-state index contributed by atoms with van der Waals surface area (Å²) < 4.78 is 7.83. The molecule has 2 aromatic carbocycles. The average Bonchev–Trinajstić information content (AvgIpc) is 3.70. The Labute approximate surface area is 231 Å². The zero-order valence-electron chi connectivity index (χ0n) is 22.8. The molecule has 0 N–H and O–H groups in total. The molecule has 0 radical (unpaired) electrons. The Kier molecular flexibility index (Phi) is 6.45. The number of rotatable bonds is 6. The highest BCUT2D eigenvalue weighted by Gasteiger charge is 2.29. The van der Waals surface area contributed by atoms with Crippen LogP contribution in [0.3, 0.4) is 0 Å². The second-order valence-electron chi connectivity index (χ2n) is 10.5. The zero-order valence-corrected chi connectivity index (χ0v) is 22.8. The van der Waals surface area contributed by atoms with Crippen LogP contribution in [0.2, 0.25) is 0 Å². The molecule has 0 aliphatic carbocycles. The van der Waals surface area contributed by atoms with Gasteiger partial charge in [-0.2, -0.15) is 0 Å². The zero-order chi connectivity index (χ0) is 28.0. The Balaban J connectivity index is 1.39. The minimum Gasteiger partial charge on any atom is -0.450 e. The van der Waals surface area contributed by atoms with Crippen LogP contribution in [0.5, 0.6) is 0 Å². The topological polar surface area (TPSA) is 105 Å². The summed E-state index contributed by atoms with van der Waals surface area (Å²) in [4.78, 5) is 43.7. The van der Waals surface area contributed by atoms with Gasteiger partial charge in [0.15, 0.2) is 5.76 Å². The normalized spacial score (nSPS) is 15.0. The highest BCUT2D eigenvalue weighted by Crippen LogP contribution is 2.39. The van der Waals surface area contributed by atoms with E-state index in [2.05, 4.69) is 22.5 Å². The summed E-state index contributed by atoms with van der Waals surface area (Å²) >= 11 is 0. The summed E-state index contributed by atoms with van der Waals surface area (Å²) in [5.74, 6) is 0.0776. The Bertz CT molecular complexity index is 1670. The van der Waals surface area contributed by atoms with Crippen LogP contribution in [0.4, 0.5) is 0 Å². The lowest BCUT2D eigenvalue weighted by molar-refractivity contribution is -0.131. The van der Waals surface area contributed by atoms with Gasteiger partial charge in [0.05, 0.1) is 12.7 Å². The van der Waals surface area contributed by atoms with Crippen LogP contribution in [0.15, 0.2) is 59.3 Å². The molecule has 40 heavy (non-hydrogen) atoms. The number of amides is 3. The number of benzene rings is 2. The third kappa shape index (κ3) is 4.55. The lowest BCUT2D eigenvalue weighted by Gasteiger charge is -2.28. The first-order valence-electron chi connectivity index (χ1n) is 13.3. The minimum atomic E-state index is -0.224. The van der Waals surface area contributed by atoms with E-state index >= 15 is 0 Å². The van der Waals surface area contributed by atoms with Gasteiger partial charge in [0, 0.05) is 69.9 Å². The number of fused-ring (bicyclic) bond motifs is 2. The van der Waals surface area contributed by atoms with E-state index < -0.39 is 0 Å². The number of aryl methyl sites for hydroxylation is 1. The quantitative estimate of drug-likeness (QED) is 0.371. The number of carbonyl (C=O) groups excluding carboxylic acids is 3. The van der Waals surface area contributed by atoms with E-state index in [1.807, 2.05) is 29.2 Å². The lowest BCUT2D eigenvalue weighted by Crippen LogP contribution is -2.35. The van der Waals surface area contributed by atoms with Crippen molar-refractivity contribution in [1.29, 1.82) is 0 Å². The van der Waals surface area contributed by atoms with Gasteiger partial charge in [-0.1, -0.05) is 23.4 Å². The molecule has 3 amide bonds. The maximum atomic E-state index is 13.0. The second-order valence-corrected chi connectivity index (χ2v) is 10.5. The summed E-state index contributed by atoms with van der Waals surface area (Å²) in [7, 11) is 5.17. The molecular weight excluding hydrogens is 508 g/mol. The first-order chi connectivity index (χ1) is 19.3. The molecule has 0 atom stereocenters. The van der Waals surface area contributed by atoms with Gasteiger partial charge in [-0.3, -0.25) is 19.1 Å². The van der Waals surface area contributed by atoms with Crippen molar-refractivity contribution in [3.63, 3.8) is 0 Å². The molecule has 4 heterocycles. The minimum absolute atomic E-state index is 0.0118. The standard InChI is InChI=1S/C30H30N6O4/c1-33(2)30(39)26-16-21-14-20(19-6-5-11-35(17-19)27(37)9-12-36-13-10-31-32-36)15-24(28(21)40-26)22-7-4-8-23-25(22)18-34(3)29(23)38/h4,6-8,10,13-16H,5,9,11-12,17-18H2,1-3H3. The second kappa shape index (κ2) is 10.1. The van der Waals surface area contributed by atoms with Gasteiger partial charge in [0.25, 0.3) is 11.8 Å². The van der Waals surface area contributed by atoms with Crippen LogP contribution < -0.4 is 0 Å². The molecule has 10 heteroatoms. The van der Waals surface area contributed by atoms with Crippen LogP contribution in [-0.4, -0.2) is 81.6 Å². The van der Waals surface area contributed by atoms with Crippen molar-refractivity contribution in [2.75, 3.05) is 34.2 Å². The van der Waals surface area contributed by atoms with Crippen molar-refractivity contribution < 1.29 is 18.8 Å². The van der Waals surface area contributed by atoms with Gasteiger partial charge < -0.3 is 19.1 Å². The van der Waals surface area contributed by atoms with Crippen LogP contribution in [0, 0.1) is 0 Å². The largest absolute Gasteiger partial charge is 0.450 e. The molecule has 0 unspecified atom stereocenters. The van der Waals surface area contributed by atoms with Crippen molar-refractivity contribution in [2.24, 2.45) is 0 Å². The van der Waals surface area contributed by atoms with E-state index in [1.165, 1.54) is 4.90 Å². The van der Waals surface area contributed by atoms with E-state index in [1.54, 1.807) is 49.2 Å². The highest BCUT2D eigenvalue weighted by atomic mass is 16.3. The van der Waals surface area contributed by atoms with Gasteiger partial charge in [-0.25, -0.2) is 0 Å². The van der Waals surface area contributed by atoms with E-state index in [0.717, 1.165) is 39.6 Å². The van der Waals surface area contributed by atoms with Gasteiger partial charge in [-0.05, 0) is 52.9 Å². The fraction of sp³-hybridized carbons (Fsp3) is 0.300. The van der Waals surface area contributed by atoms with E-state index in [0.29, 0.717) is 43.7 Å². The fourth-order valence-corrected chi connectivity index (χ4v) is 5.47. The van der Waals surface area contributed by atoms with Gasteiger partial charge in [0.2, 0.25) is 5.91 Å². The summed E-state index contributed by atoms with van der Waals surface area (Å²) in [5.41, 5.74) is 5.92. The molecule has 0 saturated heterocycles. The summed E-state index contributed by atoms with van der Waals surface area (Å²) in [6.45, 7) is 2.12. The maximum absolute atomic E-state index is 13.0. The van der Waals surface area contributed by atoms with Crippen LogP contribution in [-0.2, 0) is 17.9 Å². The molecule has 2 aliphatic rings. The molecule has 2 aliphatic heterocycles. The predicted molar refractivity (Wildman–Crippen MR) is 149 cm³/mol. The van der Waals surface area contributed by atoms with E-state index in [4.69, 9.17) is 4.42 Å². The van der Waals surface area contributed by atoms with Crippen molar-refractivity contribution in [3.8, 4) is 11.1 Å². The lowest BCUT2D eigenvalue weighted by atomic mass is 9.91. The molecule has 0 spiro atoms. The molecule has 6 rings (SSSR count). The van der Waals surface area contributed by atoms with Crippen LogP contribution >= 0.6 is 0 Å². The third-order valence-corrected chi connectivity index (χ3v) is 7.57. The van der Waals surface area contributed by atoms with Crippen molar-refractivity contribution >= 4 is 34.3 Å².